The van der Waals surface area contributed by atoms with Crippen molar-refractivity contribution in [1.82, 2.24) is 4.68 Å². The maximum Gasteiger partial charge on any atom is 0.205 e. The molecule has 2 aromatic rings. The number of ketones is 1. The number of anilines is 1. The largest absolute Gasteiger partial charge is 0.383 e. The highest BCUT2D eigenvalue weighted by molar-refractivity contribution is 6.35. The number of hydrogen-bond donors (Lipinski definition) is 1. The zero-order chi connectivity index (χ0) is 15.5. The number of carbonyl (C=O) groups excluding carboxylic acids is 1. The Balaban J connectivity index is 1.96. The van der Waals surface area contributed by atoms with Crippen LogP contribution >= 0.6 is 0 Å². The average molecular weight is 292 g/mol. The molecule has 0 spiro atoms. The van der Waals surface area contributed by atoms with Gasteiger partial charge in [0.15, 0.2) is 0 Å². The molecule has 0 radical (unpaired) electrons. The van der Waals surface area contributed by atoms with E-state index in [1.54, 1.807) is 28.9 Å². The highest BCUT2D eigenvalue weighted by Crippen LogP contribution is 2.31. The summed E-state index contributed by atoms with van der Waals surface area (Å²) in [4.78, 5) is 12.1. The van der Waals surface area contributed by atoms with E-state index in [1.807, 2.05) is 6.07 Å². The highest BCUT2D eigenvalue weighted by atomic mass is 16.1. The van der Waals surface area contributed by atoms with Crippen LogP contribution in [0.5, 0.6) is 0 Å². The van der Waals surface area contributed by atoms with Gasteiger partial charge in [-0.05, 0) is 31.2 Å². The second-order valence-electron chi connectivity index (χ2n) is 5.29. The number of nitrogen functional groups attached to an aromatic ring is 1. The molecule has 0 atom stereocenters. The lowest BCUT2D eigenvalue weighted by atomic mass is 9.95. The van der Waals surface area contributed by atoms with Crippen LogP contribution in [0.3, 0.4) is 0 Å². The van der Waals surface area contributed by atoms with Gasteiger partial charge in [0.2, 0.25) is 5.78 Å². The van der Waals surface area contributed by atoms with E-state index in [1.165, 1.54) is 6.21 Å². The minimum atomic E-state index is -0.184. The molecule has 1 aliphatic carbocycles. The molecule has 0 unspecified atom stereocenters. The number of nitriles is 1. The van der Waals surface area contributed by atoms with Crippen LogP contribution in [-0.4, -0.2) is 16.7 Å². The van der Waals surface area contributed by atoms with Crippen LogP contribution in [0, 0.1) is 11.3 Å². The minimum Gasteiger partial charge on any atom is -0.383 e. The van der Waals surface area contributed by atoms with Crippen LogP contribution in [-0.2, 0) is 12.8 Å². The van der Waals surface area contributed by atoms with Crippen molar-refractivity contribution in [2.75, 3.05) is 5.73 Å². The third kappa shape index (κ3) is 2.40. The molecule has 0 fully saturated rings. The van der Waals surface area contributed by atoms with Gasteiger partial charge in [0, 0.05) is 11.3 Å². The van der Waals surface area contributed by atoms with Crippen molar-refractivity contribution in [3.05, 3.63) is 52.7 Å². The first-order valence-corrected chi connectivity index (χ1v) is 7.28. The fraction of sp³-hybridized carbons (Fsp3) is 0.235. The molecular weight excluding hydrogens is 276 g/mol. The van der Waals surface area contributed by atoms with Gasteiger partial charge in [-0.2, -0.15) is 10.4 Å². The smallest absolute Gasteiger partial charge is 0.205 e. The van der Waals surface area contributed by atoms with Crippen LogP contribution in [0.2, 0.25) is 0 Å². The number of hydrogen-bond acceptors (Lipinski definition) is 4. The van der Waals surface area contributed by atoms with E-state index in [0.717, 1.165) is 36.9 Å². The number of nitrogens with zero attached hydrogens (tertiary/aromatic N) is 3. The molecule has 5 nitrogen and oxygen atoms in total. The van der Waals surface area contributed by atoms with E-state index in [-0.39, 0.29) is 5.78 Å². The minimum absolute atomic E-state index is 0.184. The molecule has 110 valence electrons. The maximum absolute atomic E-state index is 12.1. The SMILES string of the molecule is N#Cc1c2c(n(/N=C/C(=O)c3ccccc3)c1N)CCCC2. The van der Waals surface area contributed by atoms with Gasteiger partial charge in [-0.25, -0.2) is 4.68 Å². The molecule has 0 saturated heterocycles. The van der Waals surface area contributed by atoms with Crippen molar-refractivity contribution >= 4 is 17.8 Å². The number of carbonyl (C=O) groups is 1. The van der Waals surface area contributed by atoms with Gasteiger partial charge < -0.3 is 5.73 Å². The van der Waals surface area contributed by atoms with Crippen molar-refractivity contribution in [3.63, 3.8) is 0 Å². The zero-order valence-electron chi connectivity index (χ0n) is 12.1. The second-order valence-corrected chi connectivity index (χ2v) is 5.29. The van der Waals surface area contributed by atoms with E-state index < -0.39 is 0 Å². The van der Waals surface area contributed by atoms with Crippen molar-refractivity contribution in [3.8, 4) is 6.07 Å². The lowest BCUT2D eigenvalue weighted by Crippen LogP contribution is -2.08. The molecule has 0 aliphatic heterocycles. The number of aromatic nitrogens is 1. The Bertz CT molecular complexity index is 781. The molecule has 0 amide bonds. The summed E-state index contributed by atoms with van der Waals surface area (Å²) < 4.78 is 1.55. The fourth-order valence-electron chi connectivity index (χ4n) is 2.84. The Labute approximate surface area is 128 Å². The first-order valence-electron chi connectivity index (χ1n) is 7.28. The topological polar surface area (TPSA) is 84.2 Å². The van der Waals surface area contributed by atoms with Crippen LogP contribution < -0.4 is 5.73 Å². The van der Waals surface area contributed by atoms with Gasteiger partial charge in [0.05, 0.1) is 11.8 Å². The maximum atomic E-state index is 12.1. The zero-order valence-corrected chi connectivity index (χ0v) is 12.1. The van der Waals surface area contributed by atoms with Gasteiger partial charge in [-0.15, -0.1) is 0 Å². The van der Waals surface area contributed by atoms with Gasteiger partial charge in [-0.1, -0.05) is 30.3 Å². The first-order chi connectivity index (χ1) is 10.7. The summed E-state index contributed by atoms with van der Waals surface area (Å²) in [7, 11) is 0. The van der Waals surface area contributed by atoms with Gasteiger partial charge in [0.1, 0.15) is 11.9 Å². The monoisotopic (exact) mass is 292 g/mol. The van der Waals surface area contributed by atoms with Crippen molar-refractivity contribution in [2.24, 2.45) is 5.10 Å². The molecular formula is C17H16N4O. The Hall–Kier alpha value is -2.87. The van der Waals surface area contributed by atoms with E-state index in [4.69, 9.17) is 5.73 Å². The standard InChI is InChI=1S/C17H16N4O/c18-10-14-13-8-4-5-9-15(13)21(17(14)19)20-11-16(22)12-6-2-1-3-7-12/h1-3,6-7,11H,4-5,8-9,19H2/b20-11+. The van der Waals surface area contributed by atoms with E-state index in [9.17, 15) is 10.1 Å². The Morgan fingerprint density at radius 1 is 1.27 bits per heavy atom. The molecule has 1 aromatic heterocycles. The number of rotatable bonds is 3. The summed E-state index contributed by atoms with van der Waals surface area (Å²) >= 11 is 0. The van der Waals surface area contributed by atoms with Crippen molar-refractivity contribution in [2.45, 2.75) is 25.7 Å². The van der Waals surface area contributed by atoms with Crippen molar-refractivity contribution < 1.29 is 4.79 Å². The predicted octanol–water partition coefficient (Wildman–Crippen LogP) is 2.54. The normalized spacial score (nSPS) is 13.8. The predicted molar refractivity (Wildman–Crippen MR) is 84.9 cm³/mol. The average Bonchev–Trinajstić information content (AvgIpc) is 2.84. The first kappa shape index (κ1) is 14.1. The molecule has 2 N–H and O–H groups in total. The molecule has 1 aromatic carbocycles. The third-order valence-electron chi connectivity index (χ3n) is 3.94. The highest BCUT2D eigenvalue weighted by Gasteiger charge is 2.23. The van der Waals surface area contributed by atoms with Crippen molar-refractivity contribution in [1.29, 1.82) is 5.26 Å². The summed E-state index contributed by atoms with van der Waals surface area (Å²) in [5, 5.41) is 13.5. The van der Waals surface area contributed by atoms with E-state index in [2.05, 4.69) is 11.2 Å². The summed E-state index contributed by atoms with van der Waals surface area (Å²) in [5.41, 5.74) is 9.05. The van der Waals surface area contributed by atoms with Crippen LogP contribution in [0.4, 0.5) is 5.82 Å². The lowest BCUT2D eigenvalue weighted by Gasteiger charge is -2.12. The van der Waals surface area contributed by atoms with Gasteiger partial charge in [0.25, 0.3) is 0 Å². The summed E-state index contributed by atoms with van der Waals surface area (Å²) in [6.45, 7) is 0. The van der Waals surface area contributed by atoms with Gasteiger partial charge >= 0.3 is 0 Å². The number of Topliss-reactive ketones (excluding diaryl/α,β-unsaturated/α-hetero) is 1. The summed E-state index contributed by atoms with van der Waals surface area (Å²) in [6.07, 6.45) is 5.04. The number of nitrogens with two attached hydrogens (primary N) is 1. The molecule has 1 heterocycles. The fourth-order valence-corrected chi connectivity index (χ4v) is 2.84. The van der Waals surface area contributed by atoms with E-state index in [0.29, 0.717) is 16.9 Å². The Morgan fingerprint density at radius 2 is 2.00 bits per heavy atom. The summed E-state index contributed by atoms with van der Waals surface area (Å²) in [5.74, 6) is 0.142. The number of benzene rings is 1. The number of fused-ring (bicyclic) bond motifs is 1. The quantitative estimate of drug-likeness (QED) is 0.697. The van der Waals surface area contributed by atoms with E-state index >= 15 is 0 Å². The molecule has 5 heteroatoms. The molecule has 22 heavy (non-hydrogen) atoms. The molecule has 1 aliphatic rings. The Morgan fingerprint density at radius 3 is 2.73 bits per heavy atom. The van der Waals surface area contributed by atoms with Crippen LogP contribution in [0.1, 0.15) is 40.0 Å². The molecule has 3 rings (SSSR count). The van der Waals surface area contributed by atoms with Crippen LogP contribution in [0.15, 0.2) is 35.4 Å². The lowest BCUT2D eigenvalue weighted by molar-refractivity contribution is 0.107. The molecule has 0 saturated carbocycles. The van der Waals surface area contributed by atoms with Gasteiger partial charge in [-0.3, -0.25) is 4.79 Å². The summed E-state index contributed by atoms with van der Waals surface area (Å²) in [6, 6.07) is 11.1. The molecule has 0 bridgehead atoms. The third-order valence-corrected chi connectivity index (χ3v) is 3.94. The second kappa shape index (κ2) is 5.86. The van der Waals surface area contributed by atoms with Crippen LogP contribution in [0.25, 0.3) is 0 Å². The Kier molecular flexibility index (Phi) is 3.75.